The molecule has 16 heavy (non-hydrogen) atoms. The number of ether oxygens (including phenoxy) is 1. The van der Waals surface area contributed by atoms with Crippen molar-refractivity contribution in [1.29, 1.82) is 0 Å². The quantitative estimate of drug-likeness (QED) is 0.648. The lowest BCUT2D eigenvalue weighted by Crippen LogP contribution is -2.08. The third-order valence-electron chi connectivity index (χ3n) is 1.88. The Bertz CT molecular complexity index is 347. The number of nitrogens with two attached hydrogens (primary N) is 1. The third-order valence-corrected chi connectivity index (χ3v) is 3.10. The first-order valence-corrected chi connectivity index (χ1v) is 6.21. The Morgan fingerprint density at radius 2 is 2.00 bits per heavy atom. The van der Waals surface area contributed by atoms with E-state index in [-0.39, 0.29) is 0 Å². The van der Waals surface area contributed by atoms with Gasteiger partial charge in [0.2, 0.25) is 0 Å². The van der Waals surface area contributed by atoms with Crippen molar-refractivity contribution in [3.8, 4) is 5.75 Å². The molecular weight excluding hydrogens is 220 g/mol. The maximum absolute atomic E-state index is 5.81. The van der Waals surface area contributed by atoms with Crippen LogP contribution < -0.4 is 10.5 Å². The highest BCUT2D eigenvalue weighted by Crippen LogP contribution is 2.19. The van der Waals surface area contributed by atoms with E-state index in [1.54, 1.807) is 18.9 Å². The summed E-state index contributed by atoms with van der Waals surface area (Å²) in [6.45, 7) is 4.32. The minimum Gasteiger partial charge on any atom is -0.497 e. The molecule has 0 saturated heterocycles. The van der Waals surface area contributed by atoms with Crippen molar-refractivity contribution in [3.05, 3.63) is 24.3 Å². The lowest BCUT2D eigenvalue weighted by Gasteiger charge is -2.04. The van der Waals surface area contributed by atoms with Gasteiger partial charge in [-0.3, -0.25) is 0 Å². The van der Waals surface area contributed by atoms with Crippen LogP contribution in [0.3, 0.4) is 0 Å². The van der Waals surface area contributed by atoms with Crippen molar-refractivity contribution in [1.82, 2.24) is 0 Å². The maximum Gasteiger partial charge on any atom is 0.159 e. The molecule has 1 aromatic rings. The Kier molecular flexibility index (Phi) is 5.19. The molecule has 2 N–H and O–H groups in total. The highest BCUT2D eigenvalue weighted by Gasteiger charge is 1.98. The topological polar surface area (TPSA) is 47.6 Å². The molecule has 0 aromatic heterocycles. The van der Waals surface area contributed by atoms with Crippen LogP contribution in [0.25, 0.3) is 0 Å². The molecule has 88 valence electrons. The molecule has 0 aliphatic heterocycles. The summed E-state index contributed by atoms with van der Waals surface area (Å²) in [5.41, 5.74) is 6.66. The predicted octanol–water partition coefficient (Wildman–Crippen LogP) is 3.03. The molecule has 0 bridgehead atoms. The molecule has 4 heteroatoms. The lowest BCUT2D eigenvalue weighted by atomic mass is 10.3. The van der Waals surface area contributed by atoms with Gasteiger partial charge in [-0.05, 0) is 30.2 Å². The van der Waals surface area contributed by atoms with Gasteiger partial charge in [-0.1, -0.05) is 25.6 Å². The smallest absolute Gasteiger partial charge is 0.159 e. The normalized spacial score (nSPS) is 11.9. The van der Waals surface area contributed by atoms with Crippen molar-refractivity contribution in [3.63, 3.8) is 0 Å². The van der Waals surface area contributed by atoms with Crippen molar-refractivity contribution >= 4 is 22.6 Å². The van der Waals surface area contributed by atoms with Gasteiger partial charge in [-0.25, -0.2) is 4.99 Å². The Hall–Kier alpha value is -1.16. The highest BCUT2D eigenvalue weighted by molar-refractivity contribution is 8.13. The van der Waals surface area contributed by atoms with Crippen molar-refractivity contribution < 1.29 is 4.74 Å². The number of aliphatic imine (C=N–C) groups is 1. The number of methoxy groups -OCH3 is 1. The summed E-state index contributed by atoms with van der Waals surface area (Å²) in [5.74, 6) is 2.44. The highest BCUT2D eigenvalue weighted by atomic mass is 32.2. The van der Waals surface area contributed by atoms with E-state index in [1.807, 2.05) is 24.3 Å². The van der Waals surface area contributed by atoms with E-state index in [0.29, 0.717) is 11.1 Å². The average Bonchev–Trinajstić information content (AvgIpc) is 2.27. The Labute approximate surface area is 101 Å². The van der Waals surface area contributed by atoms with E-state index in [2.05, 4.69) is 18.8 Å². The van der Waals surface area contributed by atoms with Gasteiger partial charge < -0.3 is 10.5 Å². The third kappa shape index (κ3) is 4.57. The second-order valence-electron chi connectivity index (χ2n) is 3.85. The van der Waals surface area contributed by atoms with E-state index in [0.717, 1.165) is 17.2 Å². The summed E-state index contributed by atoms with van der Waals surface area (Å²) in [4.78, 5) is 4.31. The number of amidine groups is 1. The van der Waals surface area contributed by atoms with E-state index in [4.69, 9.17) is 10.5 Å². The summed E-state index contributed by atoms with van der Waals surface area (Å²) in [5, 5.41) is 0.610. The van der Waals surface area contributed by atoms with Crippen LogP contribution in [0.1, 0.15) is 13.8 Å². The summed E-state index contributed by atoms with van der Waals surface area (Å²) in [7, 11) is 1.64. The van der Waals surface area contributed by atoms with Crippen molar-refractivity contribution in [2.24, 2.45) is 16.6 Å². The first-order valence-electron chi connectivity index (χ1n) is 5.23. The molecule has 0 aliphatic carbocycles. The number of rotatable bonds is 4. The van der Waals surface area contributed by atoms with Gasteiger partial charge >= 0.3 is 0 Å². The summed E-state index contributed by atoms with van der Waals surface area (Å²) in [6.07, 6.45) is 0. The van der Waals surface area contributed by atoms with E-state index in [9.17, 15) is 0 Å². The summed E-state index contributed by atoms with van der Waals surface area (Å²) >= 11 is 1.59. The molecule has 0 unspecified atom stereocenters. The first kappa shape index (κ1) is 12.9. The molecular formula is C12H18N2OS. The molecule has 0 heterocycles. The van der Waals surface area contributed by atoms with Crippen LogP contribution in [0.2, 0.25) is 0 Å². The van der Waals surface area contributed by atoms with Crippen molar-refractivity contribution in [2.45, 2.75) is 13.8 Å². The van der Waals surface area contributed by atoms with Gasteiger partial charge in [0.15, 0.2) is 5.17 Å². The van der Waals surface area contributed by atoms with Gasteiger partial charge in [-0.15, -0.1) is 0 Å². The minimum atomic E-state index is 0.610. The van der Waals surface area contributed by atoms with Crippen molar-refractivity contribution in [2.75, 3.05) is 12.9 Å². The molecule has 0 radical (unpaired) electrons. The Morgan fingerprint density at radius 3 is 2.50 bits per heavy atom. The molecule has 0 fully saturated rings. The summed E-state index contributed by atoms with van der Waals surface area (Å²) in [6, 6.07) is 7.53. The average molecular weight is 238 g/mol. The van der Waals surface area contributed by atoms with Crippen LogP contribution >= 0.6 is 11.8 Å². The van der Waals surface area contributed by atoms with Gasteiger partial charge in [0.05, 0.1) is 12.8 Å². The number of thioether (sulfide) groups is 1. The number of hydrogen-bond acceptors (Lipinski definition) is 3. The van der Waals surface area contributed by atoms with Crippen LogP contribution in [-0.2, 0) is 0 Å². The number of nitrogens with zero attached hydrogens (tertiary/aromatic N) is 1. The van der Waals surface area contributed by atoms with Crippen LogP contribution in [0.4, 0.5) is 5.69 Å². The molecule has 1 aromatic carbocycles. The maximum atomic E-state index is 5.81. The molecule has 0 atom stereocenters. The zero-order valence-corrected chi connectivity index (χ0v) is 10.8. The Morgan fingerprint density at radius 1 is 1.38 bits per heavy atom. The SMILES string of the molecule is COc1ccc(N=C(N)SCC(C)C)cc1. The fourth-order valence-electron chi connectivity index (χ4n) is 1.07. The molecule has 0 saturated carbocycles. The molecule has 0 amide bonds. The zero-order chi connectivity index (χ0) is 12.0. The molecule has 0 spiro atoms. The van der Waals surface area contributed by atoms with Crippen LogP contribution in [0.15, 0.2) is 29.3 Å². The minimum absolute atomic E-state index is 0.610. The van der Waals surface area contributed by atoms with Crippen LogP contribution in [0.5, 0.6) is 5.75 Å². The van der Waals surface area contributed by atoms with Crippen LogP contribution in [-0.4, -0.2) is 18.0 Å². The largest absolute Gasteiger partial charge is 0.497 e. The first-order chi connectivity index (χ1) is 7.61. The lowest BCUT2D eigenvalue weighted by molar-refractivity contribution is 0.415. The van der Waals surface area contributed by atoms with Gasteiger partial charge in [-0.2, -0.15) is 0 Å². The Balaban J connectivity index is 2.59. The summed E-state index contributed by atoms with van der Waals surface area (Å²) < 4.78 is 5.07. The molecule has 3 nitrogen and oxygen atoms in total. The van der Waals surface area contributed by atoms with Crippen LogP contribution in [0, 0.1) is 5.92 Å². The zero-order valence-electron chi connectivity index (χ0n) is 9.93. The fraction of sp³-hybridized carbons (Fsp3) is 0.417. The van der Waals surface area contributed by atoms with Gasteiger partial charge in [0.25, 0.3) is 0 Å². The number of hydrogen-bond donors (Lipinski definition) is 1. The fourth-order valence-corrected chi connectivity index (χ4v) is 1.74. The number of benzene rings is 1. The van der Waals surface area contributed by atoms with Gasteiger partial charge in [0, 0.05) is 5.75 Å². The van der Waals surface area contributed by atoms with E-state index >= 15 is 0 Å². The van der Waals surface area contributed by atoms with E-state index < -0.39 is 0 Å². The second kappa shape index (κ2) is 6.43. The van der Waals surface area contributed by atoms with Gasteiger partial charge in [0.1, 0.15) is 5.75 Å². The monoisotopic (exact) mass is 238 g/mol. The van der Waals surface area contributed by atoms with E-state index in [1.165, 1.54) is 0 Å². The molecule has 0 aliphatic rings. The molecule has 1 rings (SSSR count). The second-order valence-corrected chi connectivity index (χ2v) is 4.89. The standard InChI is InChI=1S/C12H18N2OS/c1-9(2)8-16-12(13)14-10-4-6-11(15-3)7-5-10/h4-7,9H,8H2,1-3H3,(H2,13,14). The predicted molar refractivity (Wildman–Crippen MR) is 71.6 cm³/mol.